The lowest BCUT2D eigenvalue weighted by Gasteiger charge is -2.23. The molecule has 1 aliphatic heterocycles. The Morgan fingerprint density at radius 3 is 2.83 bits per heavy atom. The summed E-state index contributed by atoms with van der Waals surface area (Å²) in [7, 11) is 1.57. The number of amides is 2. The second kappa shape index (κ2) is 8.05. The molecule has 1 heterocycles. The Morgan fingerprint density at radius 1 is 1.50 bits per heavy atom. The van der Waals surface area contributed by atoms with E-state index >= 15 is 0 Å². The van der Waals surface area contributed by atoms with Gasteiger partial charge in [0.15, 0.2) is 0 Å². The van der Waals surface area contributed by atoms with Gasteiger partial charge in [-0.2, -0.15) is 0 Å². The Kier molecular flexibility index (Phi) is 6.67. The van der Waals surface area contributed by atoms with Crippen molar-refractivity contribution in [1.29, 1.82) is 0 Å². The van der Waals surface area contributed by atoms with E-state index in [-0.39, 0.29) is 24.5 Å². The van der Waals surface area contributed by atoms with Crippen molar-refractivity contribution in [1.82, 2.24) is 10.2 Å². The molecule has 6 nitrogen and oxygen atoms in total. The Morgan fingerprint density at radius 2 is 2.28 bits per heavy atom. The van der Waals surface area contributed by atoms with E-state index in [2.05, 4.69) is 5.32 Å². The van der Waals surface area contributed by atoms with Crippen molar-refractivity contribution in [2.75, 3.05) is 40.0 Å². The maximum absolute atomic E-state index is 11.6. The lowest BCUT2D eigenvalue weighted by Crippen LogP contribution is -2.43. The molecule has 0 aromatic rings. The molecule has 0 bridgehead atoms. The standard InChI is InChI=1S/C12H22N2O4/c1-10(15)14(8-11-4-3-6-18-11)9-12(16)13-5-7-17-2/h11H,3-9H2,1-2H3,(H,13,16). The molecule has 1 atom stereocenters. The number of methoxy groups -OCH3 is 1. The fourth-order valence-corrected chi connectivity index (χ4v) is 1.86. The molecule has 0 saturated carbocycles. The van der Waals surface area contributed by atoms with Crippen LogP contribution in [0.1, 0.15) is 19.8 Å². The van der Waals surface area contributed by atoms with Crippen LogP contribution in [0.5, 0.6) is 0 Å². The van der Waals surface area contributed by atoms with Gasteiger partial charge in [-0.25, -0.2) is 0 Å². The molecule has 1 N–H and O–H groups in total. The monoisotopic (exact) mass is 258 g/mol. The summed E-state index contributed by atoms with van der Waals surface area (Å²) < 4.78 is 10.3. The minimum atomic E-state index is -0.166. The highest BCUT2D eigenvalue weighted by molar-refractivity contribution is 5.83. The van der Waals surface area contributed by atoms with Crippen molar-refractivity contribution in [3.63, 3.8) is 0 Å². The normalized spacial score (nSPS) is 18.7. The predicted octanol–water partition coefficient (Wildman–Crippen LogP) is -0.223. The molecule has 1 fully saturated rings. The lowest BCUT2D eigenvalue weighted by molar-refractivity contribution is -0.135. The van der Waals surface area contributed by atoms with E-state index in [9.17, 15) is 9.59 Å². The van der Waals surface area contributed by atoms with Crippen LogP contribution in [0.2, 0.25) is 0 Å². The van der Waals surface area contributed by atoms with Gasteiger partial charge in [0.1, 0.15) is 0 Å². The Balaban J connectivity index is 2.32. The van der Waals surface area contributed by atoms with E-state index in [4.69, 9.17) is 9.47 Å². The highest BCUT2D eigenvalue weighted by atomic mass is 16.5. The molecular formula is C12H22N2O4. The van der Waals surface area contributed by atoms with Crippen LogP contribution in [0.3, 0.4) is 0 Å². The molecule has 1 aliphatic rings. The maximum Gasteiger partial charge on any atom is 0.239 e. The van der Waals surface area contributed by atoms with Gasteiger partial charge in [0, 0.05) is 33.7 Å². The summed E-state index contributed by atoms with van der Waals surface area (Å²) >= 11 is 0. The third kappa shape index (κ3) is 5.46. The zero-order chi connectivity index (χ0) is 13.4. The minimum Gasteiger partial charge on any atom is -0.383 e. The molecule has 0 radical (unpaired) electrons. The highest BCUT2D eigenvalue weighted by Gasteiger charge is 2.22. The molecule has 0 spiro atoms. The van der Waals surface area contributed by atoms with Crippen molar-refractivity contribution in [2.24, 2.45) is 0 Å². The van der Waals surface area contributed by atoms with Gasteiger partial charge >= 0.3 is 0 Å². The largest absolute Gasteiger partial charge is 0.383 e. The first-order chi connectivity index (χ1) is 8.63. The second-order valence-corrected chi connectivity index (χ2v) is 4.38. The van der Waals surface area contributed by atoms with Crippen molar-refractivity contribution < 1.29 is 19.1 Å². The molecule has 1 unspecified atom stereocenters. The number of nitrogens with one attached hydrogen (secondary N) is 1. The predicted molar refractivity (Wildman–Crippen MR) is 66.1 cm³/mol. The summed E-state index contributed by atoms with van der Waals surface area (Å²) in [6, 6.07) is 0. The number of carbonyl (C=O) groups is 2. The third-order valence-electron chi connectivity index (χ3n) is 2.86. The molecule has 0 aromatic heterocycles. The Labute approximate surface area is 108 Å². The SMILES string of the molecule is COCCNC(=O)CN(CC1CCCO1)C(C)=O. The Hall–Kier alpha value is -1.14. The fraction of sp³-hybridized carbons (Fsp3) is 0.833. The van der Waals surface area contributed by atoms with Gasteiger partial charge in [-0.15, -0.1) is 0 Å². The average Bonchev–Trinajstić information content (AvgIpc) is 2.81. The molecule has 18 heavy (non-hydrogen) atoms. The minimum absolute atomic E-state index is 0.0701. The molecule has 2 amide bonds. The van der Waals surface area contributed by atoms with Crippen molar-refractivity contribution in [3.05, 3.63) is 0 Å². The second-order valence-electron chi connectivity index (χ2n) is 4.38. The highest BCUT2D eigenvalue weighted by Crippen LogP contribution is 2.13. The van der Waals surface area contributed by atoms with E-state index in [1.165, 1.54) is 11.8 Å². The van der Waals surface area contributed by atoms with E-state index < -0.39 is 0 Å². The number of nitrogens with zero attached hydrogens (tertiary/aromatic N) is 1. The lowest BCUT2D eigenvalue weighted by atomic mass is 10.2. The van der Waals surface area contributed by atoms with Gasteiger partial charge in [0.2, 0.25) is 11.8 Å². The summed E-state index contributed by atoms with van der Waals surface area (Å²) in [5.74, 6) is -0.271. The van der Waals surface area contributed by atoms with Crippen LogP contribution < -0.4 is 5.32 Å². The quantitative estimate of drug-likeness (QED) is 0.641. The van der Waals surface area contributed by atoms with Gasteiger partial charge in [0.25, 0.3) is 0 Å². The van der Waals surface area contributed by atoms with Crippen LogP contribution in [0.15, 0.2) is 0 Å². The van der Waals surface area contributed by atoms with Gasteiger partial charge in [-0.1, -0.05) is 0 Å². The van der Waals surface area contributed by atoms with Crippen molar-refractivity contribution in [2.45, 2.75) is 25.9 Å². The smallest absolute Gasteiger partial charge is 0.239 e. The fourth-order valence-electron chi connectivity index (χ4n) is 1.86. The molecule has 104 valence electrons. The van der Waals surface area contributed by atoms with Gasteiger partial charge in [-0.05, 0) is 12.8 Å². The van der Waals surface area contributed by atoms with Crippen LogP contribution in [0.4, 0.5) is 0 Å². The summed E-state index contributed by atoms with van der Waals surface area (Å²) in [6.45, 7) is 3.72. The Bertz CT molecular complexity index is 277. The number of rotatable bonds is 7. The molecule has 1 rings (SSSR count). The van der Waals surface area contributed by atoms with E-state index in [0.717, 1.165) is 19.4 Å². The number of hydrogen-bond acceptors (Lipinski definition) is 4. The molecule has 0 aliphatic carbocycles. The first-order valence-corrected chi connectivity index (χ1v) is 6.26. The molecular weight excluding hydrogens is 236 g/mol. The molecule has 1 saturated heterocycles. The van der Waals surface area contributed by atoms with Crippen molar-refractivity contribution >= 4 is 11.8 Å². The van der Waals surface area contributed by atoms with Gasteiger partial charge in [-0.3, -0.25) is 9.59 Å². The summed E-state index contributed by atoms with van der Waals surface area (Å²) in [5.41, 5.74) is 0. The summed E-state index contributed by atoms with van der Waals surface area (Å²) in [4.78, 5) is 24.6. The zero-order valence-corrected chi connectivity index (χ0v) is 11.1. The van der Waals surface area contributed by atoms with Crippen LogP contribution in [0, 0.1) is 0 Å². The molecule has 0 aromatic carbocycles. The van der Waals surface area contributed by atoms with E-state index in [0.29, 0.717) is 19.7 Å². The van der Waals surface area contributed by atoms with Crippen LogP contribution in [-0.4, -0.2) is 62.8 Å². The summed E-state index contributed by atoms with van der Waals surface area (Å²) in [6.07, 6.45) is 2.05. The molecule has 6 heteroatoms. The summed E-state index contributed by atoms with van der Waals surface area (Å²) in [5, 5.41) is 2.70. The third-order valence-corrected chi connectivity index (χ3v) is 2.86. The van der Waals surface area contributed by atoms with Gasteiger partial charge in [0.05, 0.1) is 19.3 Å². The van der Waals surface area contributed by atoms with Crippen LogP contribution in [-0.2, 0) is 19.1 Å². The topological polar surface area (TPSA) is 67.9 Å². The average molecular weight is 258 g/mol. The van der Waals surface area contributed by atoms with Crippen LogP contribution in [0.25, 0.3) is 0 Å². The van der Waals surface area contributed by atoms with Crippen LogP contribution >= 0.6 is 0 Å². The number of carbonyl (C=O) groups excluding carboxylic acids is 2. The number of ether oxygens (including phenoxy) is 2. The van der Waals surface area contributed by atoms with Gasteiger partial charge < -0.3 is 19.7 Å². The maximum atomic E-state index is 11.6. The van der Waals surface area contributed by atoms with Crippen molar-refractivity contribution in [3.8, 4) is 0 Å². The zero-order valence-electron chi connectivity index (χ0n) is 11.1. The first kappa shape index (κ1) is 14.9. The van der Waals surface area contributed by atoms with E-state index in [1.807, 2.05) is 0 Å². The number of hydrogen-bond donors (Lipinski definition) is 1. The first-order valence-electron chi connectivity index (χ1n) is 6.26. The van der Waals surface area contributed by atoms with E-state index in [1.54, 1.807) is 7.11 Å².